The first-order valence-corrected chi connectivity index (χ1v) is 11.4. The fraction of sp³-hybridized carbons (Fsp3) is 0.750. The third-order valence-corrected chi connectivity index (χ3v) is 6.71. The van der Waals surface area contributed by atoms with Gasteiger partial charge in [0, 0.05) is 0 Å². The number of carbonyl (C=O) groups is 3. The molecule has 0 aromatic heterocycles. The zero-order chi connectivity index (χ0) is 19.9. The molecule has 0 rings (SSSR count). The predicted molar refractivity (Wildman–Crippen MR) is 83.0 cm³/mol. The van der Waals surface area contributed by atoms with Crippen LogP contribution in [0.5, 0.6) is 0 Å². The minimum atomic E-state index is -4.56. The molecular formula is C12H24BiN3O9. The zero-order valence-corrected chi connectivity index (χ0v) is 17.4. The van der Waals surface area contributed by atoms with E-state index in [4.69, 9.17) is 25.6 Å². The van der Waals surface area contributed by atoms with Gasteiger partial charge in [-0.1, -0.05) is 0 Å². The summed E-state index contributed by atoms with van der Waals surface area (Å²) in [4.78, 5) is 35.3. The Balaban J connectivity index is 5.14. The van der Waals surface area contributed by atoms with Crippen LogP contribution in [0.4, 0.5) is 0 Å². The second-order valence-corrected chi connectivity index (χ2v) is 9.12. The Labute approximate surface area is 153 Å². The second kappa shape index (κ2) is 10.9. The molecule has 0 aliphatic carbocycles. The Kier molecular flexibility index (Phi) is 10.5. The van der Waals surface area contributed by atoms with Crippen molar-refractivity contribution in [2.24, 2.45) is 17.2 Å². The van der Waals surface area contributed by atoms with Crippen molar-refractivity contribution in [3.63, 3.8) is 0 Å². The average Bonchev–Trinajstić information content (AvgIpc) is 2.51. The number of hydrogen-bond acceptors (Lipinski definition) is 12. The van der Waals surface area contributed by atoms with E-state index in [1.807, 2.05) is 0 Å². The zero-order valence-electron chi connectivity index (χ0n) is 13.9. The first-order chi connectivity index (χ1) is 11.4. The summed E-state index contributed by atoms with van der Waals surface area (Å²) in [5.74, 6) is -3.49. The molecule has 12 nitrogen and oxygen atoms in total. The van der Waals surface area contributed by atoms with Crippen molar-refractivity contribution in [2.75, 3.05) is 0 Å². The number of aliphatic hydroxyl groups excluding tert-OH is 3. The Hall–Kier alpha value is -0.947. The molecule has 0 spiro atoms. The Morgan fingerprint density at radius 1 is 0.680 bits per heavy atom. The summed E-state index contributed by atoms with van der Waals surface area (Å²) in [5, 5.41) is 27.8. The first kappa shape index (κ1) is 24.1. The van der Waals surface area contributed by atoms with Crippen LogP contribution >= 0.6 is 0 Å². The molecular weight excluding hydrogens is 539 g/mol. The molecule has 9 N–H and O–H groups in total. The molecule has 0 unspecified atom stereocenters. The fourth-order valence-corrected chi connectivity index (χ4v) is 4.62. The molecule has 0 aromatic rings. The van der Waals surface area contributed by atoms with Crippen LogP contribution in [0.25, 0.3) is 0 Å². The molecule has 6 atom stereocenters. The van der Waals surface area contributed by atoms with E-state index in [1.165, 1.54) is 20.8 Å². The van der Waals surface area contributed by atoms with Gasteiger partial charge in [0.2, 0.25) is 0 Å². The molecule has 0 radical (unpaired) electrons. The van der Waals surface area contributed by atoms with Gasteiger partial charge in [0.1, 0.15) is 0 Å². The van der Waals surface area contributed by atoms with Crippen LogP contribution in [-0.4, -0.2) is 92.7 Å². The van der Waals surface area contributed by atoms with E-state index in [2.05, 4.69) is 0 Å². The van der Waals surface area contributed by atoms with Crippen LogP contribution in [0.15, 0.2) is 0 Å². The maximum atomic E-state index is 11.8. The third kappa shape index (κ3) is 8.32. The number of nitrogens with two attached hydrogens (primary N) is 3. The SMILES string of the molecule is C[C@@H](O)[C@H](N)C(=O)[O][Bi]([O]C(=O)[C@@H](N)[C@@H](C)O)[O]C(=O)[C@@H](N)[C@@H](C)O. The quantitative estimate of drug-likeness (QED) is 0.147. The number of hydrogen-bond donors (Lipinski definition) is 6. The van der Waals surface area contributed by atoms with Crippen molar-refractivity contribution in [3.8, 4) is 0 Å². The van der Waals surface area contributed by atoms with Gasteiger partial charge >= 0.3 is 154 Å². The summed E-state index contributed by atoms with van der Waals surface area (Å²) < 4.78 is 14.4. The Morgan fingerprint density at radius 2 is 0.880 bits per heavy atom. The summed E-state index contributed by atoms with van der Waals surface area (Å²) in [6.45, 7) is 3.67. The van der Waals surface area contributed by atoms with Gasteiger partial charge in [0.25, 0.3) is 0 Å². The molecule has 25 heavy (non-hydrogen) atoms. The van der Waals surface area contributed by atoms with Crippen LogP contribution in [-0.2, 0) is 22.8 Å². The van der Waals surface area contributed by atoms with Gasteiger partial charge in [-0.25, -0.2) is 0 Å². The van der Waals surface area contributed by atoms with Gasteiger partial charge in [-0.3, -0.25) is 0 Å². The van der Waals surface area contributed by atoms with Crippen LogP contribution in [0.1, 0.15) is 20.8 Å². The van der Waals surface area contributed by atoms with Crippen molar-refractivity contribution in [1.82, 2.24) is 0 Å². The number of carbonyl (C=O) groups excluding carboxylic acids is 3. The second-order valence-electron chi connectivity index (χ2n) is 5.25. The van der Waals surface area contributed by atoms with Crippen LogP contribution < -0.4 is 17.2 Å². The number of aliphatic hydroxyl groups is 3. The molecule has 0 aliphatic rings. The van der Waals surface area contributed by atoms with Crippen LogP contribution in [0.3, 0.4) is 0 Å². The van der Waals surface area contributed by atoms with E-state index in [1.54, 1.807) is 0 Å². The summed E-state index contributed by atoms with van der Waals surface area (Å²) in [6.07, 6.45) is -3.82. The summed E-state index contributed by atoms with van der Waals surface area (Å²) in [7, 11) is 0. The summed E-state index contributed by atoms with van der Waals surface area (Å²) >= 11 is -4.56. The minimum absolute atomic E-state index is 1.16. The molecule has 146 valence electrons. The first-order valence-electron chi connectivity index (χ1n) is 7.15. The van der Waals surface area contributed by atoms with Crippen molar-refractivity contribution in [1.29, 1.82) is 0 Å². The van der Waals surface area contributed by atoms with Crippen molar-refractivity contribution in [2.45, 2.75) is 57.2 Å². The van der Waals surface area contributed by atoms with Gasteiger partial charge in [0.15, 0.2) is 0 Å². The molecule has 0 saturated heterocycles. The molecule has 0 saturated carbocycles. The molecule has 13 heteroatoms. The Morgan fingerprint density at radius 3 is 1.04 bits per heavy atom. The van der Waals surface area contributed by atoms with Gasteiger partial charge in [-0.05, 0) is 0 Å². The number of rotatable bonds is 9. The molecule has 0 fully saturated rings. The van der Waals surface area contributed by atoms with E-state index in [0.717, 1.165) is 0 Å². The monoisotopic (exact) mass is 563 g/mol. The van der Waals surface area contributed by atoms with Crippen LogP contribution in [0, 0.1) is 0 Å². The average molecular weight is 563 g/mol. The Bertz CT molecular complexity index is 408. The van der Waals surface area contributed by atoms with Gasteiger partial charge < -0.3 is 0 Å². The standard InChI is InChI=1S/3C4H9NO3.Bi/c3*1-2(6)3(5)4(7)8;/h3*2-3,6H,5H2,1H3,(H,7,8);/q;;;+3/p-3/t3*2-,3+;/m111./s1. The maximum absolute atomic E-state index is 11.8. The molecule has 0 aromatic carbocycles. The van der Waals surface area contributed by atoms with Crippen molar-refractivity contribution >= 4 is 41.0 Å². The van der Waals surface area contributed by atoms with E-state index < -0.39 is 77.4 Å². The van der Waals surface area contributed by atoms with E-state index in [0.29, 0.717) is 0 Å². The van der Waals surface area contributed by atoms with Crippen LogP contribution in [0.2, 0.25) is 0 Å². The molecule has 0 amide bonds. The normalized spacial score (nSPS) is 18.5. The van der Waals surface area contributed by atoms with Crippen molar-refractivity contribution in [3.05, 3.63) is 0 Å². The van der Waals surface area contributed by atoms with E-state index >= 15 is 0 Å². The topological polar surface area (TPSA) is 218 Å². The molecule has 0 aliphatic heterocycles. The fourth-order valence-electron chi connectivity index (χ4n) is 1.05. The third-order valence-electron chi connectivity index (χ3n) is 2.87. The predicted octanol–water partition coefficient (Wildman–Crippen LogP) is -4.27. The van der Waals surface area contributed by atoms with E-state index in [-0.39, 0.29) is 0 Å². The summed E-state index contributed by atoms with van der Waals surface area (Å²) in [6, 6.07) is -4.40. The molecule has 0 heterocycles. The van der Waals surface area contributed by atoms with Crippen molar-refractivity contribution < 1.29 is 38.1 Å². The van der Waals surface area contributed by atoms with Gasteiger partial charge in [-0.15, -0.1) is 0 Å². The van der Waals surface area contributed by atoms with Gasteiger partial charge in [0.05, 0.1) is 0 Å². The van der Waals surface area contributed by atoms with Gasteiger partial charge in [-0.2, -0.15) is 0 Å². The van der Waals surface area contributed by atoms with E-state index in [9.17, 15) is 29.7 Å². The molecule has 0 bridgehead atoms. The summed E-state index contributed by atoms with van der Waals surface area (Å²) in [5.41, 5.74) is 16.2.